The van der Waals surface area contributed by atoms with Gasteiger partial charge < -0.3 is 0 Å². The van der Waals surface area contributed by atoms with Crippen LogP contribution in [0.15, 0.2) is 56.8 Å². The monoisotopic (exact) mass is 424 g/mol. The summed E-state index contributed by atoms with van der Waals surface area (Å²) in [5, 5.41) is 3.54. The molecule has 3 aromatic rings. The molecule has 0 amide bonds. The predicted molar refractivity (Wildman–Crippen MR) is 97.4 cm³/mol. The van der Waals surface area contributed by atoms with E-state index in [0.717, 1.165) is 20.9 Å². The van der Waals surface area contributed by atoms with Gasteiger partial charge in [0.2, 0.25) is 0 Å². The van der Waals surface area contributed by atoms with Gasteiger partial charge in [0, 0.05) is 13.6 Å². The summed E-state index contributed by atoms with van der Waals surface area (Å²) < 4.78 is 3.41. The summed E-state index contributed by atoms with van der Waals surface area (Å²) in [5.74, 6) is 5.79. The number of hydrazine groups is 1. The molecule has 0 bridgehead atoms. The number of nitrogens with two attached hydrogens (primary N) is 1. The van der Waals surface area contributed by atoms with Crippen molar-refractivity contribution in [2.45, 2.75) is 12.5 Å². The van der Waals surface area contributed by atoms with Crippen LogP contribution in [-0.4, -0.2) is 0 Å². The van der Waals surface area contributed by atoms with E-state index < -0.39 is 0 Å². The van der Waals surface area contributed by atoms with Crippen molar-refractivity contribution in [3.05, 3.63) is 67.9 Å². The Morgan fingerprint density at radius 2 is 1.81 bits per heavy atom. The Kier molecular flexibility index (Phi) is 4.76. The molecule has 0 fully saturated rings. The number of hydrogen-bond donors (Lipinski definition) is 2. The summed E-state index contributed by atoms with van der Waals surface area (Å²) in [7, 11) is 0. The van der Waals surface area contributed by atoms with E-state index in [1.54, 1.807) is 11.3 Å². The molecule has 1 unspecified atom stereocenters. The minimum atomic E-state index is 0.0804. The summed E-state index contributed by atoms with van der Waals surface area (Å²) in [4.78, 5) is 0. The Balaban J connectivity index is 1.94. The molecule has 21 heavy (non-hydrogen) atoms. The zero-order chi connectivity index (χ0) is 14.8. The number of thiophene rings is 1. The van der Waals surface area contributed by atoms with Crippen LogP contribution in [0.4, 0.5) is 0 Å². The van der Waals surface area contributed by atoms with E-state index in [0.29, 0.717) is 0 Å². The van der Waals surface area contributed by atoms with Crippen LogP contribution in [0.3, 0.4) is 0 Å². The Labute approximate surface area is 144 Å². The van der Waals surface area contributed by atoms with Gasteiger partial charge in [-0.15, -0.1) is 11.3 Å². The van der Waals surface area contributed by atoms with E-state index in [-0.39, 0.29) is 6.04 Å². The zero-order valence-electron chi connectivity index (χ0n) is 11.1. The van der Waals surface area contributed by atoms with E-state index in [1.165, 1.54) is 15.6 Å². The molecular formula is C16H14Br2N2S. The Morgan fingerprint density at radius 1 is 1.10 bits per heavy atom. The van der Waals surface area contributed by atoms with E-state index >= 15 is 0 Å². The lowest BCUT2D eigenvalue weighted by Gasteiger charge is -2.17. The molecule has 2 nitrogen and oxygen atoms in total. The smallest absolute Gasteiger partial charge is 0.0501 e. The highest BCUT2D eigenvalue weighted by Gasteiger charge is 2.14. The standard InChI is InChI=1S/C16H14Br2N2S/c17-12-5-10(6-13(18)8-12)15(20-19)7-11-9-21-16-4-2-1-3-14(11)16/h1-6,8-9,15,20H,7,19H2. The molecule has 5 heteroatoms. The second-order valence-electron chi connectivity index (χ2n) is 4.88. The summed E-state index contributed by atoms with van der Waals surface area (Å²) in [5.41, 5.74) is 5.43. The van der Waals surface area contributed by atoms with Crippen LogP contribution in [0.1, 0.15) is 17.2 Å². The Morgan fingerprint density at radius 3 is 2.52 bits per heavy atom. The van der Waals surface area contributed by atoms with Crippen LogP contribution in [0.25, 0.3) is 10.1 Å². The van der Waals surface area contributed by atoms with Gasteiger partial charge in [-0.2, -0.15) is 0 Å². The molecule has 0 saturated carbocycles. The number of hydrogen-bond acceptors (Lipinski definition) is 3. The van der Waals surface area contributed by atoms with Crippen molar-refractivity contribution in [2.24, 2.45) is 5.84 Å². The van der Waals surface area contributed by atoms with Crippen molar-refractivity contribution in [2.75, 3.05) is 0 Å². The highest BCUT2D eigenvalue weighted by Crippen LogP contribution is 2.31. The third-order valence-electron chi connectivity index (χ3n) is 3.47. The maximum absolute atomic E-state index is 5.79. The molecule has 3 rings (SSSR count). The number of rotatable bonds is 4. The topological polar surface area (TPSA) is 38.0 Å². The highest BCUT2D eigenvalue weighted by molar-refractivity contribution is 9.11. The second-order valence-corrected chi connectivity index (χ2v) is 7.63. The fraction of sp³-hybridized carbons (Fsp3) is 0.125. The van der Waals surface area contributed by atoms with Crippen LogP contribution in [0.5, 0.6) is 0 Å². The number of benzene rings is 2. The van der Waals surface area contributed by atoms with E-state index in [4.69, 9.17) is 5.84 Å². The lowest BCUT2D eigenvalue weighted by molar-refractivity contribution is 0.553. The number of halogens is 2. The zero-order valence-corrected chi connectivity index (χ0v) is 15.1. The van der Waals surface area contributed by atoms with Gasteiger partial charge in [0.1, 0.15) is 0 Å². The lowest BCUT2D eigenvalue weighted by Crippen LogP contribution is -2.29. The Hall–Kier alpha value is -0.720. The molecule has 0 aliphatic carbocycles. The van der Waals surface area contributed by atoms with Crippen molar-refractivity contribution < 1.29 is 0 Å². The molecule has 0 spiro atoms. The number of nitrogens with one attached hydrogen (secondary N) is 1. The van der Waals surface area contributed by atoms with Gasteiger partial charge in [0.25, 0.3) is 0 Å². The SMILES string of the molecule is NNC(Cc1csc2ccccc12)c1cc(Br)cc(Br)c1. The molecule has 1 atom stereocenters. The fourth-order valence-electron chi connectivity index (χ4n) is 2.46. The van der Waals surface area contributed by atoms with Crippen molar-refractivity contribution in [3.63, 3.8) is 0 Å². The maximum Gasteiger partial charge on any atom is 0.0501 e. The fourth-order valence-corrected chi connectivity index (χ4v) is 4.76. The van der Waals surface area contributed by atoms with Crippen molar-refractivity contribution >= 4 is 53.3 Å². The van der Waals surface area contributed by atoms with Gasteiger partial charge in [0.05, 0.1) is 6.04 Å². The molecule has 0 radical (unpaired) electrons. The second kappa shape index (κ2) is 6.58. The van der Waals surface area contributed by atoms with Crippen LogP contribution in [0.2, 0.25) is 0 Å². The molecule has 0 saturated heterocycles. The summed E-state index contributed by atoms with van der Waals surface area (Å²) in [6.45, 7) is 0. The first kappa shape index (κ1) is 15.2. The van der Waals surface area contributed by atoms with Gasteiger partial charge in [-0.25, -0.2) is 0 Å². The van der Waals surface area contributed by atoms with Gasteiger partial charge in [0.15, 0.2) is 0 Å². The molecule has 1 aromatic heterocycles. The van der Waals surface area contributed by atoms with E-state index in [2.05, 4.69) is 79.1 Å². The molecule has 0 aliphatic heterocycles. The molecule has 3 N–H and O–H groups in total. The average molecular weight is 426 g/mol. The van der Waals surface area contributed by atoms with Crippen LogP contribution < -0.4 is 11.3 Å². The normalized spacial score (nSPS) is 12.7. The summed E-state index contributed by atoms with van der Waals surface area (Å²) in [6, 6.07) is 14.8. The molecule has 2 aromatic carbocycles. The first-order chi connectivity index (χ1) is 10.2. The first-order valence-electron chi connectivity index (χ1n) is 6.54. The summed E-state index contributed by atoms with van der Waals surface area (Å²) >= 11 is 8.84. The van der Waals surface area contributed by atoms with Gasteiger partial charge in [-0.05, 0) is 52.6 Å². The molecule has 1 heterocycles. The van der Waals surface area contributed by atoms with Crippen molar-refractivity contribution in [1.82, 2.24) is 5.43 Å². The van der Waals surface area contributed by atoms with Gasteiger partial charge >= 0.3 is 0 Å². The van der Waals surface area contributed by atoms with E-state index in [1.807, 2.05) is 6.07 Å². The quantitative estimate of drug-likeness (QED) is 0.446. The lowest BCUT2D eigenvalue weighted by atomic mass is 9.99. The van der Waals surface area contributed by atoms with Crippen LogP contribution in [-0.2, 0) is 6.42 Å². The largest absolute Gasteiger partial charge is 0.271 e. The summed E-state index contributed by atoms with van der Waals surface area (Å²) in [6.07, 6.45) is 0.864. The minimum absolute atomic E-state index is 0.0804. The van der Waals surface area contributed by atoms with Crippen molar-refractivity contribution in [1.29, 1.82) is 0 Å². The third-order valence-corrected chi connectivity index (χ3v) is 5.40. The highest BCUT2D eigenvalue weighted by atomic mass is 79.9. The Bertz CT molecular complexity index is 750. The third kappa shape index (κ3) is 3.38. The van der Waals surface area contributed by atoms with Crippen molar-refractivity contribution in [3.8, 4) is 0 Å². The van der Waals surface area contributed by atoms with Gasteiger partial charge in [-0.1, -0.05) is 50.1 Å². The van der Waals surface area contributed by atoms with Gasteiger partial charge in [-0.3, -0.25) is 11.3 Å². The maximum atomic E-state index is 5.79. The molecular weight excluding hydrogens is 412 g/mol. The van der Waals surface area contributed by atoms with Crippen LogP contribution in [0, 0.1) is 0 Å². The first-order valence-corrected chi connectivity index (χ1v) is 9.01. The molecule has 0 aliphatic rings. The predicted octanol–water partition coefficient (Wildman–Crippen LogP) is 5.17. The average Bonchev–Trinajstić information content (AvgIpc) is 2.87. The minimum Gasteiger partial charge on any atom is -0.271 e. The number of fused-ring (bicyclic) bond motifs is 1. The molecule has 108 valence electrons. The van der Waals surface area contributed by atoms with Crippen LogP contribution >= 0.6 is 43.2 Å². The van der Waals surface area contributed by atoms with E-state index in [9.17, 15) is 0 Å².